The van der Waals surface area contributed by atoms with E-state index in [-0.39, 0.29) is 22.5 Å². The molecule has 0 heterocycles. The van der Waals surface area contributed by atoms with E-state index in [1.807, 2.05) is 48.5 Å². The number of nitrogens with zero attached hydrogens (tertiary/aromatic N) is 4. The normalized spacial score (nSPS) is 12.1. The van der Waals surface area contributed by atoms with Crippen LogP contribution in [0.1, 0.15) is 0 Å². The Morgan fingerprint density at radius 1 is 0.545 bits per heavy atom. The number of hydrogen-bond acceptors (Lipinski definition) is 10. The number of nitrogens with two attached hydrogens (primary N) is 2. The Bertz CT molecular complexity index is 2230. The van der Waals surface area contributed by atoms with Crippen LogP contribution in [0.3, 0.4) is 0 Å². The molecule has 0 fully saturated rings. The molecule has 0 aliphatic rings. The summed E-state index contributed by atoms with van der Waals surface area (Å²) in [5.41, 5.74) is 16.4. The monoisotopic (exact) mass is 604 g/mol. The minimum absolute atomic E-state index is 0.0788. The third kappa shape index (κ3) is 5.50. The minimum atomic E-state index is -4.52. The lowest BCUT2D eigenvalue weighted by Crippen LogP contribution is -1.98. The van der Waals surface area contributed by atoms with E-state index in [9.17, 15) is 23.2 Å². The van der Waals surface area contributed by atoms with Crippen molar-refractivity contribution in [2.45, 2.75) is 4.90 Å². The average molecular weight is 605 g/mol. The van der Waals surface area contributed by atoms with Gasteiger partial charge in [0.1, 0.15) is 22.9 Å². The minimum Gasteiger partial charge on any atom is -0.507 e. The van der Waals surface area contributed by atoms with Crippen molar-refractivity contribution in [2.24, 2.45) is 20.5 Å². The number of rotatable bonds is 6. The first-order valence-electron chi connectivity index (χ1n) is 13.2. The van der Waals surface area contributed by atoms with Gasteiger partial charge in [-0.3, -0.25) is 4.55 Å². The van der Waals surface area contributed by atoms with Crippen molar-refractivity contribution in [3.05, 3.63) is 103 Å². The van der Waals surface area contributed by atoms with Crippen LogP contribution in [0.5, 0.6) is 11.5 Å². The summed E-state index contributed by atoms with van der Waals surface area (Å²) in [5, 5.41) is 39.8. The molecule has 0 aromatic heterocycles. The maximum Gasteiger partial charge on any atom is 0.294 e. The first kappa shape index (κ1) is 28.3. The molecule has 0 saturated heterocycles. The van der Waals surface area contributed by atoms with Crippen LogP contribution in [0.4, 0.5) is 34.1 Å². The summed E-state index contributed by atoms with van der Waals surface area (Å²) in [6, 6.07) is 28.6. The number of azo groups is 2. The molecule has 0 saturated carbocycles. The van der Waals surface area contributed by atoms with Gasteiger partial charge >= 0.3 is 0 Å². The van der Waals surface area contributed by atoms with Gasteiger partial charge in [0, 0.05) is 6.07 Å². The quantitative estimate of drug-likeness (QED) is 0.0715. The molecule has 0 amide bonds. The second-order valence-corrected chi connectivity index (χ2v) is 11.3. The van der Waals surface area contributed by atoms with Crippen molar-refractivity contribution in [3.63, 3.8) is 0 Å². The summed E-state index contributed by atoms with van der Waals surface area (Å²) < 4.78 is 32.4. The van der Waals surface area contributed by atoms with Gasteiger partial charge in [0.2, 0.25) is 0 Å². The van der Waals surface area contributed by atoms with Crippen LogP contribution in [-0.2, 0) is 10.1 Å². The zero-order chi connectivity index (χ0) is 31.0. The Hall–Kier alpha value is -5.85. The highest BCUT2D eigenvalue weighted by Gasteiger charge is 2.17. The maximum atomic E-state index is 11.5. The standard InChI is InChI=1S/C32H24N6O5S/c33-25-14-8-20-2-1-3-27(39)29(20)31(25)37-35-22-10-4-18(5-11-22)19-6-12-23(13-7-19)36-38-32-26(34)15-9-21-16-24(44(41,42)43)17-28(40)30(21)32/h1-17,39-40H,33-34H2,(H,41,42,43). The molecular weight excluding hydrogens is 580 g/mol. The predicted octanol–water partition coefficient (Wildman–Crippen LogP) is 8.31. The molecule has 44 heavy (non-hydrogen) atoms. The zero-order valence-corrected chi connectivity index (χ0v) is 23.6. The molecule has 0 aliphatic heterocycles. The van der Waals surface area contributed by atoms with Gasteiger partial charge in [-0.05, 0) is 70.4 Å². The Balaban J connectivity index is 1.22. The molecule has 0 radical (unpaired) electrons. The van der Waals surface area contributed by atoms with Gasteiger partial charge in [0.05, 0.1) is 38.4 Å². The van der Waals surface area contributed by atoms with Crippen LogP contribution >= 0.6 is 0 Å². The lowest BCUT2D eigenvalue weighted by atomic mass is 10.1. The third-order valence-electron chi connectivity index (χ3n) is 7.00. The number of hydrogen-bond donors (Lipinski definition) is 5. The highest BCUT2D eigenvalue weighted by atomic mass is 32.2. The van der Waals surface area contributed by atoms with E-state index in [2.05, 4.69) is 20.5 Å². The third-order valence-corrected chi connectivity index (χ3v) is 7.83. The van der Waals surface area contributed by atoms with Crippen LogP contribution in [0.2, 0.25) is 0 Å². The predicted molar refractivity (Wildman–Crippen MR) is 170 cm³/mol. The second-order valence-electron chi connectivity index (χ2n) is 9.89. The van der Waals surface area contributed by atoms with Gasteiger partial charge in [0.15, 0.2) is 0 Å². The number of anilines is 2. The van der Waals surface area contributed by atoms with Crippen molar-refractivity contribution in [1.29, 1.82) is 0 Å². The molecule has 7 N–H and O–H groups in total. The molecule has 0 atom stereocenters. The van der Waals surface area contributed by atoms with Gasteiger partial charge in [-0.25, -0.2) is 0 Å². The average Bonchev–Trinajstić information content (AvgIpc) is 3.00. The summed E-state index contributed by atoms with van der Waals surface area (Å²) in [7, 11) is -4.52. The fourth-order valence-electron chi connectivity index (χ4n) is 4.79. The van der Waals surface area contributed by atoms with Crippen molar-refractivity contribution in [2.75, 3.05) is 11.5 Å². The Labute approximate surface area is 251 Å². The fraction of sp³-hybridized carbons (Fsp3) is 0. The summed E-state index contributed by atoms with van der Waals surface area (Å²) >= 11 is 0. The zero-order valence-electron chi connectivity index (χ0n) is 22.8. The van der Waals surface area contributed by atoms with Gasteiger partial charge in [-0.2, -0.15) is 18.6 Å². The number of phenols is 2. The molecule has 12 heteroatoms. The fourth-order valence-corrected chi connectivity index (χ4v) is 5.33. The smallest absolute Gasteiger partial charge is 0.294 e. The molecule has 11 nitrogen and oxygen atoms in total. The molecule has 0 aliphatic carbocycles. The van der Waals surface area contributed by atoms with Crippen LogP contribution in [0, 0.1) is 0 Å². The van der Waals surface area contributed by atoms with Crippen molar-refractivity contribution < 1.29 is 23.2 Å². The number of phenolic OH excluding ortho intramolecular Hbond substituents is 2. The molecular formula is C32H24N6O5S. The van der Waals surface area contributed by atoms with E-state index >= 15 is 0 Å². The SMILES string of the molecule is Nc1ccc2cccc(O)c2c1N=Nc1ccc(-c2ccc(N=Nc3c(N)ccc4cc(S(=O)(=O)O)cc(O)c34)cc2)cc1. The molecule has 6 aromatic carbocycles. The van der Waals surface area contributed by atoms with Crippen LogP contribution < -0.4 is 11.5 Å². The molecule has 6 aromatic rings. The van der Waals surface area contributed by atoms with E-state index in [1.165, 1.54) is 18.2 Å². The Morgan fingerprint density at radius 2 is 1.05 bits per heavy atom. The Morgan fingerprint density at radius 3 is 1.57 bits per heavy atom. The number of aromatic hydroxyl groups is 2. The highest BCUT2D eigenvalue weighted by Crippen LogP contribution is 2.41. The van der Waals surface area contributed by atoms with Gasteiger partial charge < -0.3 is 21.7 Å². The van der Waals surface area contributed by atoms with E-state index < -0.39 is 20.8 Å². The molecule has 0 bridgehead atoms. The molecule has 0 spiro atoms. The maximum absolute atomic E-state index is 11.5. The summed E-state index contributed by atoms with van der Waals surface area (Å²) in [5.74, 6) is -0.330. The van der Waals surface area contributed by atoms with Crippen molar-refractivity contribution >= 4 is 65.8 Å². The first-order chi connectivity index (χ1) is 21.1. The van der Waals surface area contributed by atoms with Gasteiger partial charge in [-0.15, -0.1) is 10.2 Å². The lowest BCUT2D eigenvalue weighted by Gasteiger charge is -2.09. The highest BCUT2D eigenvalue weighted by molar-refractivity contribution is 7.85. The summed E-state index contributed by atoms with van der Waals surface area (Å²) in [4.78, 5) is -0.448. The van der Waals surface area contributed by atoms with Crippen LogP contribution in [0.25, 0.3) is 32.7 Å². The van der Waals surface area contributed by atoms with E-state index in [4.69, 9.17) is 11.5 Å². The Kier molecular flexibility index (Phi) is 7.13. The molecule has 0 unspecified atom stereocenters. The van der Waals surface area contributed by atoms with E-state index in [0.29, 0.717) is 33.5 Å². The molecule has 6 rings (SSSR count). The topological polar surface area (TPSA) is 196 Å². The number of benzene rings is 6. The van der Waals surface area contributed by atoms with Gasteiger partial charge in [-0.1, -0.05) is 48.5 Å². The molecule has 218 valence electrons. The van der Waals surface area contributed by atoms with Gasteiger partial charge in [0.25, 0.3) is 10.1 Å². The number of nitrogen functional groups attached to an aromatic ring is 2. The van der Waals surface area contributed by atoms with Crippen LogP contribution in [-0.4, -0.2) is 23.2 Å². The lowest BCUT2D eigenvalue weighted by molar-refractivity contribution is 0.471. The van der Waals surface area contributed by atoms with E-state index in [0.717, 1.165) is 22.6 Å². The van der Waals surface area contributed by atoms with E-state index in [1.54, 1.807) is 30.3 Å². The van der Waals surface area contributed by atoms with Crippen molar-refractivity contribution in [3.8, 4) is 22.6 Å². The van der Waals surface area contributed by atoms with Crippen LogP contribution in [0.15, 0.2) is 128 Å². The summed E-state index contributed by atoms with van der Waals surface area (Å²) in [6.45, 7) is 0. The first-order valence-corrected chi connectivity index (χ1v) is 14.6. The largest absolute Gasteiger partial charge is 0.507 e. The second kappa shape index (κ2) is 11.1. The number of fused-ring (bicyclic) bond motifs is 2. The van der Waals surface area contributed by atoms with Crippen molar-refractivity contribution in [1.82, 2.24) is 0 Å². The summed E-state index contributed by atoms with van der Waals surface area (Å²) in [6.07, 6.45) is 0.